The number of aliphatic hydroxyl groups excluding tert-OH is 1. The highest BCUT2D eigenvalue weighted by atomic mass is 16.5. The summed E-state index contributed by atoms with van der Waals surface area (Å²) in [6.45, 7) is 5.70. The third-order valence-electron chi connectivity index (χ3n) is 5.74. The number of fused-ring (bicyclic) bond motifs is 1. The Kier molecular flexibility index (Phi) is 8.36. The largest absolute Gasteiger partial charge is 0.491 e. The Morgan fingerprint density at radius 2 is 2.03 bits per heavy atom. The van der Waals surface area contributed by atoms with Gasteiger partial charge in [-0.1, -0.05) is 12.1 Å². The number of hydrogen-bond donors (Lipinski definition) is 4. The summed E-state index contributed by atoms with van der Waals surface area (Å²) in [6.07, 6.45) is 2.95. The highest BCUT2D eigenvalue weighted by molar-refractivity contribution is 5.93. The molecule has 1 atom stereocenters. The fraction of sp³-hybridized carbons (Fsp3) is 0.385. The van der Waals surface area contributed by atoms with E-state index in [9.17, 15) is 9.90 Å². The number of pyridine rings is 1. The Labute approximate surface area is 215 Å². The monoisotopic (exact) mass is 506 g/mol. The molecule has 1 unspecified atom stereocenters. The SMILES string of the molecule is CNCC(O)COc1cccc(-c2cc(NCCNC(=O)c3ccn(C)n3)c3cnn(C(C)C)c3n2)c1. The van der Waals surface area contributed by atoms with Gasteiger partial charge in [0.1, 0.15) is 24.2 Å². The summed E-state index contributed by atoms with van der Waals surface area (Å²) in [5, 5.41) is 28.8. The molecule has 3 heterocycles. The van der Waals surface area contributed by atoms with Crippen molar-refractivity contribution in [1.82, 2.24) is 35.2 Å². The number of amides is 1. The molecule has 37 heavy (non-hydrogen) atoms. The topological polar surface area (TPSA) is 131 Å². The zero-order valence-corrected chi connectivity index (χ0v) is 21.6. The Balaban J connectivity index is 1.53. The smallest absolute Gasteiger partial charge is 0.271 e. The molecular weight excluding hydrogens is 472 g/mol. The molecule has 11 nitrogen and oxygen atoms in total. The van der Waals surface area contributed by atoms with Crippen LogP contribution in [0.15, 0.2) is 48.8 Å². The molecule has 4 N–H and O–H groups in total. The van der Waals surface area contributed by atoms with E-state index in [4.69, 9.17) is 9.72 Å². The van der Waals surface area contributed by atoms with Crippen molar-refractivity contribution in [1.29, 1.82) is 0 Å². The van der Waals surface area contributed by atoms with Gasteiger partial charge in [0.2, 0.25) is 0 Å². The van der Waals surface area contributed by atoms with Crippen LogP contribution in [0.25, 0.3) is 22.3 Å². The quantitative estimate of drug-likeness (QED) is 0.215. The van der Waals surface area contributed by atoms with E-state index in [1.165, 1.54) is 0 Å². The van der Waals surface area contributed by atoms with Crippen LogP contribution >= 0.6 is 0 Å². The maximum atomic E-state index is 12.3. The Morgan fingerprint density at radius 1 is 1.19 bits per heavy atom. The van der Waals surface area contributed by atoms with E-state index < -0.39 is 6.10 Å². The Hall–Kier alpha value is -3.96. The first kappa shape index (κ1) is 26.1. The second-order valence-electron chi connectivity index (χ2n) is 9.08. The predicted octanol–water partition coefficient (Wildman–Crippen LogP) is 2.21. The van der Waals surface area contributed by atoms with Crippen LogP contribution in [0.3, 0.4) is 0 Å². The van der Waals surface area contributed by atoms with Gasteiger partial charge in [-0.2, -0.15) is 10.2 Å². The third-order valence-corrected chi connectivity index (χ3v) is 5.74. The minimum Gasteiger partial charge on any atom is -0.491 e. The number of carbonyl (C=O) groups excluding carboxylic acids is 1. The zero-order chi connectivity index (χ0) is 26.4. The molecule has 11 heteroatoms. The van der Waals surface area contributed by atoms with E-state index in [-0.39, 0.29) is 18.6 Å². The first-order valence-corrected chi connectivity index (χ1v) is 12.3. The molecule has 0 saturated heterocycles. The number of hydrogen-bond acceptors (Lipinski definition) is 8. The van der Waals surface area contributed by atoms with Crippen molar-refractivity contribution < 1.29 is 14.6 Å². The Morgan fingerprint density at radius 3 is 2.76 bits per heavy atom. The number of rotatable bonds is 12. The fourth-order valence-corrected chi connectivity index (χ4v) is 3.92. The first-order chi connectivity index (χ1) is 17.9. The molecule has 0 saturated carbocycles. The highest BCUT2D eigenvalue weighted by Gasteiger charge is 2.15. The van der Waals surface area contributed by atoms with Crippen LogP contribution in [-0.2, 0) is 7.05 Å². The average Bonchev–Trinajstić information content (AvgIpc) is 3.52. The van der Waals surface area contributed by atoms with Crippen LogP contribution in [0.5, 0.6) is 5.75 Å². The molecule has 4 rings (SSSR count). The van der Waals surface area contributed by atoms with Gasteiger partial charge in [0.05, 0.1) is 17.3 Å². The number of likely N-dealkylation sites (N-methyl/N-ethyl adjacent to an activating group) is 1. The summed E-state index contributed by atoms with van der Waals surface area (Å²) < 4.78 is 9.28. The number of nitrogens with zero attached hydrogens (tertiary/aromatic N) is 5. The van der Waals surface area contributed by atoms with Crippen LogP contribution in [-0.4, -0.2) is 75.0 Å². The number of benzene rings is 1. The molecule has 1 amide bonds. The van der Waals surface area contributed by atoms with E-state index in [1.54, 1.807) is 31.0 Å². The van der Waals surface area contributed by atoms with E-state index in [0.717, 1.165) is 28.0 Å². The maximum Gasteiger partial charge on any atom is 0.271 e. The zero-order valence-electron chi connectivity index (χ0n) is 21.6. The lowest BCUT2D eigenvalue weighted by molar-refractivity contribution is 0.0949. The van der Waals surface area contributed by atoms with Gasteiger partial charge in [0.15, 0.2) is 5.65 Å². The maximum absolute atomic E-state index is 12.3. The van der Waals surface area contributed by atoms with Crippen LogP contribution in [0.1, 0.15) is 30.4 Å². The van der Waals surface area contributed by atoms with Crippen LogP contribution < -0.4 is 20.7 Å². The molecule has 0 spiro atoms. The van der Waals surface area contributed by atoms with E-state index in [2.05, 4.69) is 40.0 Å². The van der Waals surface area contributed by atoms with Gasteiger partial charge in [-0.05, 0) is 45.2 Å². The second-order valence-corrected chi connectivity index (χ2v) is 9.08. The number of carbonyl (C=O) groups is 1. The van der Waals surface area contributed by atoms with Crippen LogP contribution in [0.2, 0.25) is 0 Å². The molecule has 0 fully saturated rings. The number of aryl methyl sites for hydroxylation is 1. The standard InChI is InChI=1S/C26H34N8O3/c1-17(2)34-25-21(15-30-34)24(28-9-10-29-26(36)22-8-11-33(4)32-22)13-23(31-25)18-6-5-7-20(12-18)37-16-19(35)14-27-3/h5-8,11-13,15,17,19,27,35H,9-10,14,16H2,1-4H3,(H,28,31)(H,29,36). The summed E-state index contributed by atoms with van der Waals surface area (Å²) in [6, 6.07) is 11.4. The van der Waals surface area contributed by atoms with Gasteiger partial charge in [-0.3, -0.25) is 9.48 Å². The van der Waals surface area contributed by atoms with Gasteiger partial charge >= 0.3 is 0 Å². The second kappa shape index (κ2) is 11.8. The Bertz CT molecular complexity index is 1350. The van der Waals surface area contributed by atoms with Gasteiger partial charge in [0, 0.05) is 50.2 Å². The van der Waals surface area contributed by atoms with Gasteiger partial charge in [-0.15, -0.1) is 0 Å². The summed E-state index contributed by atoms with van der Waals surface area (Å²) in [4.78, 5) is 17.2. The molecule has 196 valence electrons. The van der Waals surface area contributed by atoms with Crippen molar-refractivity contribution >= 4 is 22.6 Å². The molecule has 0 bridgehead atoms. The van der Waals surface area contributed by atoms with E-state index in [0.29, 0.717) is 31.1 Å². The summed E-state index contributed by atoms with van der Waals surface area (Å²) in [5.74, 6) is 0.436. The van der Waals surface area contributed by atoms with Gasteiger partial charge in [0.25, 0.3) is 5.91 Å². The van der Waals surface area contributed by atoms with Crippen molar-refractivity contribution in [3.05, 3.63) is 54.5 Å². The van der Waals surface area contributed by atoms with Crippen molar-refractivity contribution in [3.8, 4) is 17.0 Å². The lowest BCUT2D eigenvalue weighted by Crippen LogP contribution is -2.29. The predicted molar refractivity (Wildman–Crippen MR) is 143 cm³/mol. The molecular formula is C26H34N8O3. The molecule has 0 aliphatic carbocycles. The first-order valence-electron chi connectivity index (χ1n) is 12.3. The summed E-state index contributed by atoms with van der Waals surface area (Å²) in [7, 11) is 3.56. The van der Waals surface area contributed by atoms with Crippen molar-refractivity contribution in [2.45, 2.75) is 26.0 Å². The average molecular weight is 507 g/mol. The highest BCUT2D eigenvalue weighted by Crippen LogP contribution is 2.31. The van der Waals surface area contributed by atoms with Gasteiger partial charge in [-0.25, -0.2) is 9.67 Å². The lowest BCUT2D eigenvalue weighted by atomic mass is 10.1. The normalized spacial score (nSPS) is 12.2. The van der Waals surface area contributed by atoms with Crippen LogP contribution in [0, 0.1) is 0 Å². The molecule has 0 aliphatic rings. The number of aliphatic hydroxyl groups is 1. The van der Waals surface area contributed by atoms with Crippen molar-refractivity contribution in [2.24, 2.45) is 7.05 Å². The molecule has 0 aliphatic heterocycles. The van der Waals surface area contributed by atoms with Crippen molar-refractivity contribution in [3.63, 3.8) is 0 Å². The molecule has 3 aromatic heterocycles. The number of nitrogens with one attached hydrogen (secondary N) is 3. The minimum absolute atomic E-state index is 0.133. The number of anilines is 1. The summed E-state index contributed by atoms with van der Waals surface area (Å²) >= 11 is 0. The van der Waals surface area contributed by atoms with Gasteiger partial charge < -0.3 is 25.8 Å². The molecule has 4 aromatic rings. The van der Waals surface area contributed by atoms with E-state index >= 15 is 0 Å². The van der Waals surface area contributed by atoms with Crippen LogP contribution in [0.4, 0.5) is 5.69 Å². The van der Waals surface area contributed by atoms with E-state index in [1.807, 2.05) is 41.2 Å². The van der Waals surface area contributed by atoms with Crippen molar-refractivity contribution in [2.75, 3.05) is 38.6 Å². The summed E-state index contributed by atoms with van der Waals surface area (Å²) in [5.41, 5.74) is 3.66. The number of aromatic nitrogens is 5. The minimum atomic E-state index is -0.600. The fourth-order valence-electron chi connectivity index (χ4n) is 3.92. The molecule has 1 aromatic carbocycles. The lowest BCUT2D eigenvalue weighted by Gasteiger charge is -2.14. The number of ether oxygens (including phenoxy) is 1. The molecule has 0 radical (unpaired) electrons. The third kappa shape index (κ3) is 6.43.